The first-order chi connectivity index (χ1) is 47.1. The van der Waals surface area contributed by atoms with Gasteiger partial charge in [-0.1, -0.05) is 198 Å². The molecule has 6 heterocycles. The fourth-order valence-corrected chi connectivity index (χ4v) is 14.5. The van der Waals surface area contributed by atoms with Crippen LogP contribution in [0, 0.1) is 0 Å². The minimum absolute atomic E-state index is 0.930. The predicted octanol–water partition coefficient (Wildman–Crippen LogP) is 22.8. The summed E-state index contributed by atoms with van der Waals surface area (Å²) in [5.41, 5.74) is 19.3. The smallest absolute Gasteiger partial charge is 0.145 e. The highest BCUT2D eigenvalue weighted by molar-refractivity contribution is 9.10. The number of halogens is 1. The van der Waals surface area contributed by atoms with E-state index in [1.54, 1.807) is 0 Å². The lowest BCUT2D eigenvalue weighted by Gasteiger charge is -2.12. The molecule has 20 aromatic rings. The van der Waals surface area contributed by atoms with E-state index < -0.39 is 0 Å². The van der Waals surface area contributed by atoms with E-state index >= 15 is 0 Å². The van der Waals surface area contributed by atoms with Crippen molar-refractivity contribution in [1.82, 2.24) is 37.8 Å². The molecule has 95 heavy (non-hydrogen) atoms. The summed E-state index contributed by atoms with van der Waals surface area (Å²) in [6.45, 7) is 0. The number of benzene rings is 14. The second-order valence-corrected chi connectivity index (χ2v) is 24.9. The van der Waals surface area contributed by atoms with Crippen LogP contribution in [-0.4, -0.2) is 37.8 Å². The number of rotatable bonds is 7. The Hall–Kier alpha value is -12.3. The van der Waals surface area contributed by atoms with Crippen molar-refractivity contribution >= 4 is 125 Å². The molecule has 0 atom stereocenters. The van der Waals surface area contributed by atoms with Gasteiger partial charge in [-0.15, -0.1) is 0 Å². The first-order valence-electron chi connectivity index (χ1n) is 32.0. The molecule has 0 fully saturated rings. The Morgan fingerprint density at radius 1 is 0.274 bits per heavy atom. The number of aromatic amines is 1. The number of para-hydroxylation sites is 8. The van der Waals surface area contributed by atoms with Crippen LogP contribution in [-0.2, 0) is 0 Å². The largest absolute Gasteiger partial charge is 0.354 e. The third-order valence-electron chi connectivity index (χ3n) is 18.5. The third kappa shape index (κ3) is 9.50. The summed E-state index contributed by atoms with van der Waals surface area (Å²) in [5, 5.41) is 12.7. The van der Waals surface area contributed by atoms with E-state index in [-0.39, 0.29) is 0 Å². The van der Waals surface area contributed by atoms with Crippen LogP contribution in [0.4, 0.5) is 0 Å². The molecule has 0 saturated heterocycles. The maximum atomic E-state index is 5.11. The molecular formula is C86H57BrN8. The van der Waals surface area contributed by atoms with Crippen molar-refractivity contribution in [1.29, 1.82) is 0 Å². The monoisotopic (exact) mass is 1280 g/mol. The molecule has 448 valence electrons. The Morgan fingerprint density at radius 3 is 1.27 bits per heavy atom. The van der Waals surface area contributed by atoms with Crippen LogP contribution in [0.25, 0.3) is 160 Å². The summed E-state index contributed by atoms with van der Waals surface area (Å²) < 4.78 is 12.5. The van der Waals surface area contributed by atoms with Gasteiger partial charge in [-0.3, -0.25) is 9.13 Å². The molecule has 0 saturated carbocycles. The SMILES string of the molecule is Brc1ccc(-c2nc3ccccc3n2-c2ccccc2)cc1.c1ccc(-n2ccc3c2ccc2c4c5ccccc5ccc4n(-c4ccc(-c5nc6ccccc6n5-c5ccccc5)cc4)c23)cc1.c1ccc(-n2ccc3c4[nH]c5ccc6ccccc6c5c4ccc32)cc1. The number of nitrogens with one attached hydrogen (secondary N) is 1. The number of nitrogens with zero attached hydrogens (tertiary/aromatic N) is 7. The first-order valence-corrected chi connectivity index (χ1v) is 32.8. The van der Waals surface area contributed by atoms with Gasteiger partial charge in [0.2, 0.25) is 0 Å². The van der Waals surface area contributed by atoms with Gasteiger partial charge in [0.05, 0.1) is 49.7 Å². The topological polar surface area (TPSA) is 66.2 Å². The summed E-state index contributed by atoms with van der Waals surface area (Å²) in [6, 6.07) is 115. The van der Waals surface area contributed by atoms with E-state index in [0.717, 1.165) is 72.1 Å². The third-order valence-corrected chi connectivity index (χ3v) is 19.0. The van der Waals surface area contributed by atoms with Crippen LogP contribution in [0.15, 0.2) is 344 Å². The number of hydrogen-bond acceptors (Lipinski definition) is 2. The molecule has 0 bridgehead atoms. The molecule has 6 aromatic heterocycles. The summed E-state index contributed by atoms with van der Waals surface area (Å²) in [4.78, 5) is 13.6. The van der Waals surface area contributed by atoms with Crippen molar-refractivity contribution in [2.75, 3.05) is 0 Å². The molecule has 0 aliphatic heterocycles. The molecule has 20 rings (SSSR count). The van der Waals surface area contributed by atoms with Crippen LogP contribution >= 0.6 is 15.9 Å². The van der Waals surface area contributed by atoms with E-state index in [9.17, 15) is 0 Å². The van der Waals surface area contributed by atoms with Crippen LogP contribution in [0.1, 0.15) is 0 Å². The summed E-state index contributed by atoms with van der Waals surface area (Å²) in [5.74, 6) is 1.89. The highest BCUT2D eigenvalue weighted by Crippen LogP contribution is 2.42. The zero-order chi connectivity index (χ0) is 62.9. The van der Waals surface area contributed by atoms with Crippen molar-refractivity contribution in [2.45, 2.75) is 0 Å². The Morgan fingerprint density at radius 2 is 0.705 bits per heavy atom. The fourth-order valence-electron chi connectivity index (χ4n) is 14.2. The van der Waals surface area contributed by atoms with E-state index in [2.05, 4.69) is 359 Å². The second-order valence-electron chi connectivity index (χ2n) is 24.0. The number of hydrogen-bond donors (Lipinski definition) is 1. The predicted molar refractivity (Wildman–Crippen MR) is 400 cm³/mol. The summed E-state index contributed by atoms with van der Waals surface area (Å²) >= 11 is 3.49. The maximum absolute atomic E-state index is 5.11. The van der Waals surface area contributed by atoms with Gasteiger partial charge in [0.1, 0.15) is 11.6 Å². The Kier molecular flexibility index (Phi) is 13.5. The fraction of sp³-hybridized carbons (Fsp3) is 0. The van der Waals surface area contributed by atoms with Gasteiger partial charge in [0, 0.05) is 94.3 Å². The molecular weight excluding hydrogens is 1220 g/mol. The molecule has 9 heteroatoms. The Balaban J connectivity index is 0.000000115. The van der Waals surface area contributed by atoms with Crippen LogP contribution in [0.2, 0.25) is 0 Å². The number of fused-ring (bicyclic) bond motifs is 16. The van der Waals surface area contributed by atoms with Crippen LogP contribution in [0.5, 0.6) is 0 Å². The Labute approximate surface area is 554 Å². The number of imidazole rings is 2. The highest BCUT2D eigenvalue weighted by atomic mass is 79.9. The van der Waals surface area contributed by atoms with Crippen LogP contribution in [0.3, 0.4) is 0 Å². The average molecular weight is 1280 g/mol. The zero-order valence-electron chi connectivity index (χ0n) is 51.3. The molecule has 0 unspecified atom stereocenters. The van der Waals surface area contributed by atoms with Gasteiger partial charge >= 0.3 is 0 Å². The highest BCUT2D eigenvalue weighted by Gasteiger charge is 2.21. The van der Waals surface area contributed by atoms with Crippen molar-refractivity contribution in [3.63, 3.8) is 0 Å². The maximum Gasteiger partial charge on any atom is 0.145 e. The van der Waals surface area contributed by atoms with E-state index in [0.29, 0.717) is 0 Å². The van der Waals surface area contributed by atoms with Gasteiger partial charge in [0.25, 0.3) is 0 Å². The lowest BCUT2D eigenvalue weighted by Crippen LogP contribution is -1.98. The lowest BCUT2D eigenvalue weighted by molar-refractivity contribution is 1.10. The van der Waals surface area contributed by atoms with Crippen molar-refractivity contribution in [3.05, 3.63) is 344 Å². The van der Waals surface area contributed by atoms with Crippen LogP contribution < -0.4 is 0 Å². The quantitative estimate of drug-likeness (QED) is 0.173. The molecule has 0 amide bonds. The van der Waals surface area contributed by atoms with Gasteiger partial charge in [-0.05, 0) is 167 Å². The van der Waals surface area contributed by atoms with Crippen molar-refractivity contribution in [3.8, 4) is 51.2 Å². The minimum atomic E-state index is 0.930. The van der Waals surface area contributed by atoms with Gasteiger partial charge in [-0.2, -0.15) is 0 Å². The molecule has 1 N–H and O–H groups in total. The lowest BCUT2D eigenvalue weighted by atomic mass is 10.0. The second kappa shape index (κ2) is 23.1. The molecule has 8 nitrogen and oxygen atoms in total. The minimum Gasteiger partial charge on any atom is -0.354 e. The number of aromatic nitrogens is 8. The van der Waals surface area contributed by atoms with E-state index in [1.807, 2.05) is 24.3 Å². The number of H-pyrrole nitrogens is 1. The van der Waals surface area contributed by atoms with Gasteiger partial charge in [0.15, 0.2) is 0 Å². The van der Waals surface area contributed by atoms with Crippen molar-refractivity contribution < 1.29 is 0 Å². The first kappa shape index (κ1) is 55.5. The molecule has 0 radical (unpaired) electrons. The molecule has 0 aliphatic carbocycles. The zero-order valence-corrected chi connectivity index (χ0v) is 52.9. The Bertz CT molecular complexity index is 6260. The van der Waals surface area contributed by atoms with Crippen molar-refractivity contribution in [2.24, 2.45) is 0 Å². The van der Waals surface area contributed by atoms with E-state index in [4.69, 9.17) is 9.97 Å². The van der Waals surface area contributed by atoms with E-state index in [1.165, 1.54) is 92.6 Å². The molecule has 0 aliphatic rings. The van der Waals surface area contributed by atoms with Gasteiger partial charge in [-0.25, -0.2) is 9.97 Å². The molecule has 0 spiro atoms. The summed E-state index contributed by atoms with van der Waals surface area (Å²) in [6.07, 6.45) is 4.35. The molecule has 14 aromatic carbocycles. The normalized spacial score (nSPS) is 11.6. The average Bonchev–Trinajstić information content (AvgIpc) is 1.56. The van der Waals surface area contributed by atoms with Gasteiger partial charge < -0.3 is 18.7 Å². The summed E-state index contributed by atoms with van der Waals surface area (Å²) in [7, 11) is 0. The standard InChI is InChI=1S/C43H28N4.C24H16N2.C19H13BrN2/c1-3-12-31(13-4-1)45-28-27-35-38(45)26-24-36-41-34-16-8-7-11-29(34)21-25-40(41)46(42(35)36)33-22-19-30(20-23-33)43-44-37-17-9-10-18-39(37)47(43)32-14-5-2-6-15-32;1-2-7-17(8-3-1)26-15-14-19-22(26)13-11-20-23-18-9-5-4-6-16(18)10-12-21(23)25-24(19)20;20-15-12-10-14(11-13-15)19-21-17-8-4-5-9-18(17)22(19)16-6-2-1-3-7-16/h1-28H;1-15,25H;1-13H.